The van der Waals surface area contributed by atoms with Gasteiger partial charge in [-0.2, -0.15) is 4.31 Å². The average Bonchev–Trinajstić information content (AvgIpc) is 2.67. The maximum absolute atomic E-state index is 12.4. The van der Waals surface area contributed by atoms with Gasteiger partial charge in [0.1, 0.15) is 4.90 Å². The molecule has 0 atom stereocenters. The van der Waals surface area contributed by atoms with E-state index in [1.807, 2.05) is 0 Å². The molecule has 0 unspecified atom stereocenters. The van der Waals surface area contributed by atoms with Crippen molar-refractivity contribution in [2.24, 2.45) is 0 Å². The van der Waals surface area contributed by atoms with Crippen LogP contribution in [0.25, 0.3) is 0 Å². The first-order chi connectivity index (χ1) is 9.55. The molecule has 0 saturated heterocycles. The van der Waals surface area contributed by atoms with E-state index in [0.717, 1.165) is 0 Å². The lowest BCUT2D eigenvalue weighted by molar-refractivity contribution is 0.101. The van der Waals surface area contributed by atoms with Crippen molar-refractivity contribution in [3.63, 3.8) is 0 Å². The normalized spacial score (nSPS) is 16.1. The highest BCUT2D eigenvalue weighted by molar-refractivity contribution is 7.94. The highest BCUT2D eigenvalue weighted by Gasteiger charge is 2.42. The van der Waals surface area contributed by atoms with E-state index in [1.54, 1.807) is 12.1 Å². The summed E-state index contributed by atoms with van der Waals surface area (Å²) in [6.45, 7) is 0. The van der Waals surface area contributed by atoms with E-state index in [-0.39, 0.29) is 22.2 Å². The number of methoxy groups -OCH3 is 1. The predicted octanol–water partition coefficient (Wildman–Crippen LogP) is 0.834. The third-order valence-electron chi connectivity index (χ3n) is 2.86. The summed E-state index contributed by atoms with van der Waals surface area (Å²) in [5, 5.41) is 7.39. The van der Waals surface area contributed by atoms with Crippen LogP contribution in [0.3, 0.4) is 0 Å². The van der Waals surface area contributed by atoms with E-state index in [4.69, 9.17) is 4.74 Å². The Morgan fingerprint density at radius 1 is 1.10 bits per heavy atom. The SMILES string of the molecule is COc1ccc(N2C(=O)c3ccccc3S2(=O)=O)nn1. The zero-order valence-electron chi connectivity index (χ0n) is 10.3. The largest absolute Gasteiger partial charge is 0.480 e. The summed E-state index contributed by atoms with van der Waals surface area (Å²) in [6, 6.07) is 8.83. The lowest BCUT2D eigenvalue weighted by atomic mass is 10.2. The minimum atomic E-state index is -3.93. The summed E-state index contributed by atoms with van der Waals surface area (Å²) in [6.07, 6.45) is 0. The number of carbonyl (C=O) groups is 1. The second-order valence-corrected chi connectivity index (χ2v) is 5.76. The summed E-state index contributed by atoms with van der Waals surface area (Å²) < 4.78 is 30.2. The zero-order valence-corrected chi connectivity index (χ0v) is 11.2. The highest BCUT2D eigenvalue weighted by Crippen LogP contribution is 2.33. The summed E-state index contributed by atoms with van der Waals surface area (Å²) in [4.78, 5) is 12.2. The fraction of sp³-hybridized carbons (Fsp3) is 0.0833. The molecule has 0 saturated carbocycles. The highest BCUT2D eigenvalue weighted by atomic mass is 32.2. The minimum Gasteiger partial charge on any atom is -0.480 e. The lowest BCUT2D eigenvalue weighted by Crippen LogP contribution is -2.30. The number of ether oxygens (including phenoxy) is 1. The Morgan fingerprint density at radius 2 is 1.85 bits per heavy atom. The second-order valence-electron chi connectivity index (χ2n) is 4.00. The average molecular weight is 291 g/mol. The van der Waals surface area contributed by atoms with E-state index in [1.165, 1.54) is 31.4 Å². The van der Waals surface area contributed by atoms with Crippen molar-refractivity contribution in [1.82, 2.24) is 10.2 Å². The molecule has 0 spiro atoms. The molecule has 0 fully saturated rings. The molecule has 1 aromatic carbocycles. The molecule has 1 amide bonds. The van der Waals surface area contributed by atoms with Gasteiger partial charge in [0.2, 0.25) is 5.88 Å². The smallest absolute Gasteiger partial charge is 0.275 e. The van der Waals surface area contributed by atoms with Crippen LogP contribution in [0.5, 0.6) is 5.88 Å². The van der Waals surface area contributed by atoms with Gasteiger partial charge < -0.3 is 4.74 Å². The minimum absolute atomic E-state index is 0.0254. The number of hydrogen-bond acceptors (Lipinski definition) is 6. The Balaban J connectivity index is 2.14. The van der Waals surface area contributed by atoms with E-state index in [9.17, 15) is 13.2 Å². The number of fused-ring (bicyclic) bond motifs is 1. The number of amides is 1. The number of benzene rings is 1. The van der Waals surface area contributed by atoms with Crippen molar-refractivity contribution in [3.05, 3.63) is 42.0 Å². The van der Waals surface area contributed by atoms with E-state index in [0.29, 0.717) is 4.31 Å². The van der Waals surface area contributed by atoms with Gasteiger partial charge in [-0.1, -0.05) is 12.1 Å². The molecule has 1 aliphatic heterocycles. The van der Waals surface area contributed by atoms with Crippen LogP contribution in [0.2, 0.25) is 0 Å². The maximum Gasteiger partial charge on any atom is 0.275 e. The van der Waals surface area contributed by atoms with E-state index < -0.39 is 15.9 Å². The number of aromatic nitrogens is 2. The second kappa shape index (κ2) is 4.27. The quantitative estimate of drug-likeness (QED) is 0.814. The molecule has 0 radical (unpaired) electrons. The standard InChI is InChI=1S/C12H9N3O4S/c1-19-11-7-6-10(13-14-11)15-12(16)8-4-2-3-5-9(8)20(15,17)18/h2-7H,1H3. The van der Waals surface area contributed by atoms with Crippen LogP contribution in [0.15, 0.2) is 41.3 Å². The van der Waals surface area contributed by atoms with Crippen molar-refractivity contribution in [2.45, 2.75) is 4.90 Å². The summed E-state index contributed by atoms with van der Waals surface area (Å²) in [5.41, 5.74) is 0.130. The monoisotopic (exact) mass is 291 g/mol. The molecule has 0 N–H and O–H groups in total. The van der Waals surface area contributed by atoms with Crippen molar-refractivity contribution in [1.29, 1.82) is 0 Å². The number of sulfonamides is 1. The van der Waals surface area contributed by atoms with Gasteiger partial charge in [0, 0.05) is 6.07 Å². The van der Waals surface area contributed by atoms with Crippen molar-refractivity contribution >= 4 is 21.7 Å². The van der Waals surface area contributed by atoms with Gasteiger partial charge in [0.05, 0.1) is 12.7 Å². The van der Waals surface area contributed by atoms with Gasteiger partial charge >= 0.3 is 0 Å². The van der Waals surface area contributed by atoms with Crippen LogP contribution < -0.4 is 9.04 Å². The van der Waals surface area contributed by atoms with Crippen LogP contribution in [-0.4, -0.2) is 31.6 Å². The first kappa shape index (κ1) is 12.5. The number of nitrogens with zero attached hydrogens (tertiary/aromatic N) is 3. The number of anilines is 1. The summed E-state index contributed by atoms with van der Waals surface area (Å²) >= 11 is 0. The zero-order chi connectivity index (χ0) is 14.3. The summed E-state index contributed by atoms with van der Waals surface area (Å²) in [7, 11) is -2.51. The van der Waals surface area contributed by atoms with Gasteiger partial charge in [0.25, 0.3) is 15.9 Å². The molecule has 2 aromatic rings. The Hall–Kier alpha value is -2.48. The molecule has 1 aromatic heterocycles. The van der Waals surface area contributed by atoms with Gasteiger partial charge in [-0.05, 0) is 18.2 Å². The first-order valence-corrected chi connectivity index (χ1v) is 7.06. The van der Waals surface area contributed by atoms with Crippen molar-refractivity contribution in [2.75, 3.05) is 11.4 Å². The molecule has 2 heterocycles. The van der Waals surface area contributed by atoms with Gasteiger partial charge in [-0.15, -0.1) is 10.2 Å². The molecule has 0 bridgehead atoms. The predicted molar refractivity (Wildman–Crippen MR) is 69.0 cm³/mol. The number of hydrogen-bond donors (Lipinski definition) is 0. The molecule has 8 heteroatoms. The van der Waals surface area contributed by atoms with Crippen molar-refractivity contribution < 1.29 is 17.9 Å². The molecule has 1 aliphatic rings. The Labute approximate surface area is 114 Å². The molecule has 102 valence electrons. The van der Waals surface area contributed by atoms with Gasteiger partial charge in [0.15, 0.2) is 5.82 Å². The van der Waals surface area contributed by atoms with Crippen LogP contribution in [0, 0.1) is 0 Å². The number of carbonyl (C=O) groups excluding carboxylic acids is 1. The number of rotatable bonds is 2. The molecular formula is C12H9N3O4S. The Bertz CT molecular complexity index is 787. The van der Waals surface area contributed by atoms with Gasteiger partial charge in [-0.25, -0.2) is 8.42 Å². The third-order valence-corrected chi connectivity index (χ3v) is 4.61. The first-order valence-electron chi connectivity index (χ1n) is 5.62. The fourth-order valence-electron chi connectivity index (χ4n) is 1.94. The lowest BCUT2D eigenvalue weighted by Gasteiger charge is -2.13. The van der Waals surface area contributed by atoms with Crippen LogP contribution >= 0.6 is 0 Å². The molecule has 20 heavy (non-hydrogen) atoms. The molecular weight excluding hydrogens is 282 g/mol. The topological polar surface area (TPSA) is 89.5 Å². The third kappa shape index (κ3) is 1.65. The molecule has 7 nitrogen and oxygen atoms in total. The Morgan fingerprint density at radius 3 is 2.45 bits per heavy atom. The fourth-order valence-corrected chi connectivity index (χ4v) is 3.48. The van der Waals surface area contributed by atoms with E-state index in [2.05, 4.69) is 10.2 Å². The van der Waals surface area contributed by atoms with Crippen LogP contribution in [-0.2, 0) is 10.0 Å². The molecule has 3 rings (SSSR count). The maximum atomic E-state index is 12.4. The summed E-state index contributed by atoms with van der Waals surface area (Å²) in [5.74, 6) is -0.470. The van der Waals surface area contributed by atoms with Gasteiger partial charge in [-0.3, -0.25) is 4.79 Å². The van der Waals surface area contributed by atoms with Crippen molar-refractivity contribution in [3.8, 4) is 5.88 Å². The Kier molecular flexibility index (Phi) is 2.68. The van der Waals surface area contributed by atoms with E-state index >= 15 is 0 Å². The van der Waals surface area contributed by atoms with Crippen LogP contribution in [0.4, 0.5) is 5.82 Å². The molecule has 0 aliphatic carbocycles. The van der Waals surface area contributed by atoms with Crippen LogP contribution in [0.1, 0.15) is 10.4 Å².